The van der Waals surface area contributed by atoms with Gasteiger partial charge < -0.3 is 4.90 Å². The Bertz CT molecular complexity index is 804. The number of nitrogens with one attached hydrogen (secondary N) is 1. The third-order valence-electron chi connectivity index (χ3n) is 4.57. The highest BCUT2D eigenvalue weighted by atomic mass is 32.2. The average molecular weight is 362 g/mol. The summed E-state index contributed by atoms with van der Waals surface area (Å²) in [5, 5.41) is 0. The second-order valence-electron chi connectivity index (χ2n) is 6.47. The van der Waals surface area contributed by atoms with Crippen molar-refractivity contribution in [2.75, 3.05) is 24.4 Å². The summed E-state index contributed by atoms with van der Waals surface area (Å²) in [4.78, 5) is 2.51. The first-order valence-electron chi connectivity index (χ1n) is 8.58. The lowest BCUT2D eigenvalue weighted by atomic mass is 9.98. The number of halogens is 1. The smallest absolute Gasteiger partial charge is 0.261 e. The molecule has 1 aliphatic heterocycles. The van der Waals surface area contributed by atoms with Gasteiger partial charge in [-0.15, -0.1) is 0 Å². The van der Waals surface area contributed by atoms with E-state index in [0.29, 0.717) is 11.6 Å². The second-order valence-corrected chi connectivity index (χ2v) is 8.15. The maximum absolute atomic E-state index is 13.0. The Kier molecular flexibility index (Phi) is 5.39. The number of rotatable bonds is 6. The number of nitrogens with zero attached hydrogens (tertiary/aromatic N) is 1. The minimum Gasteiger partial charge on any atom is -0.303 e. The van der Waals surface area contributed by atoms with E-state index in [9.17, 15) is 12.8 Å². The van der Waals surface area contributed by atoms with Crippen LogP contribution in [0.1, 0.15) is 31.2 Å². The van der Waals surface area contributed by atoms with Gasteiger partial charge >= 0.3 is 0 Å². The van der Waals surface area contributed by atoms with Crippen LogP contribution in [0, 0.1) is 5.82 Å². The van der Waals surface area contributed by atoms with Gasteiger partial charge in [-0.3, -0.25) is 4.72 Å². The maximum Gasteiger partial charge on any atom is 0.261 e. The summed E-state index contributed by atoms with van der Waals surface area (Å²) >= 11 is 0. The van der Waals surface area contributed by atoms with E-state index in [0.717, 1.165) is 44.6 Å². The summed E-state index contributed by atoms with van der Waals surface area (Å²) in [6, 6.07) is 12.3. The van der Waals surface area contributed by atoms with Crippen molar-refractivity contribution in [2.45, 2.75) is 30.6 Å². The van der Waals surface area contributed by atoms with Crippen molar-refractivity contribution in [2.24, 2.45) is 0 Å². The molecule has 1 heterocycles. The lowest BCUT2D eigenvalue weighted by Crippen LogP contribution is -2.20. The van der Waals surface area contributed by atoms with E-state index < -0.39 is 15.8 Å². The van der Waals surface area contributed by atoms with E-state index in [1.165, 1.54) is 17.7 Å². The average Bonchev–Trinajstić information content (AvgIpc) is 3.05. The standard InChI is InChI=1S/C19H23FN2O2S/c1-2-12-22-13-11-16(14-22)15-3-7-18(8-4-15)21-25(23,24)19-9-5-17(20)6-10-19/h3-10,16,21H,2,11-14H2,1H3/t16-/m1/s1. The molecular weight excluding hydrogens is 339 g/mol. The molecule has 1 saturated heterocycles. The number of benzene rings is 2. The highest BCUT2D eigenvalue weighted by molar-refractivity contribution is 7.92. The van der Waals surface area contributed by atoms with Gasteiger partial charge in [-0.05, 0) is 73.8 Å². The van der Waals surface area contributed by atoms with Crippen LogP contribution in [-0.2, 0) is 10.0 Å². The van der Waals surface area contributed by atoms with Gasteiger partial charge in [0.1, 0.15) is 5.82 Å². The molecule has 6 heteroatoms. The highest BCUT2D eigenvalue weighted by Gasteiger charge is 2.23. The molecular formula is C19H23FN2O2S. The van der Waals surface area contributed by atoms with Gasteiger partial charge in [0.15, 0.2) is 0 Å². The molecule has 1 aliphatic rings. The second kappa shape index (κ2) is 7.54. The lowest BCUT2D eigenvalue weighted by molar-refractivity contribution is 0.335. The van der Waals surface area contributed by atoms with Crippen LogP contribution in [0.5, 0.6) is 0 Å². The molecule has 0 aromatic heterocycles. The van der Waals surface area contributed by atoms with Crippen molar-refractivity contribution in [3.05, 3.63) is 59.9 Å². The molecule has 0 bridgehead atoms. The van der Waals surface area contributed by atoms with Crippen LogP contribution in [0.3, 0.4) is 0 Å². The minimum atomic E-state index is -3.70. The summed E-state index contributed by atoms with van der Waals surface area (Å²) in [5.74, 6) is 0.0475. The predicted molar refractivity (Wildman–Crippen MR) is 97.7 cm³/mol. The first kappa shape index (κ1) is 17.9. The van der Waals surface area contributed by atoms with Crippen LogP contribution < -0.4 is 4.72 Å². The molecule has 2 aromatic carbocycles. The molecule has 0 aliphatic carbocycles. The fraction of sp³-hybridized carbons (Fsp3) is 0.368. The molecule has 134 valence electrons. The molecule has 0 spiro atoms. The molecule has 0 amide bonds. The molecule has 1 N–H and O–H groups in total. The van der Waals surface area contributed by atoms with Crippen LogP contribution in [0.2, 0.25) is 0 Å². The molecule has 25 heavy (non-hydrogen) atoms. The van der Waals surface area contributed by atoms with E-state index in [1.54, 1.807) is 12.1 Å². The molecule has 2 aromatic rings. The van der Waals surface area contributed by atoms with Gasteiger partial charge in [0.2, 0.25) is 0 Å². The number of likely N-dealkylation sites (tertiary alicyclic amines) is 1. The molecule has 0 radical (unpaired) electrons. The Balaban J connectivity index is 1.67. The van der Waals surface area contributed by atoms with Crippen molar-refractivity contribution < 1.29 is 12.8 Å². The van der Waals surface area contributed by atoms with E-state index in [2.05, 4.69) is 16.5 Å². The summed E-state index contributed by atoms with van der Waals surface area (Å²) < 4.78 is 40.1. The summed E-state index contributed by atoms with van der Waals surface area (Å²) in [6.07, 6.45) is 2.30. The SMILES string of the molecule is CCCN1CC[C@@H](c2ccc(NS(=O)(=O)c3ccc(F)cc3)cc2)C1. The van der Waals surface area contributed by atoms with Crippen molar-refractivity contribution in [3.8, 4) is 0 Å². The fourth-order valence-electron chi connectivity index (χ4n) is 3.28. The van der Waals surface area contributed by atoms with Crippen LogP contribution in [-0.4, -0.2) is 33.0 Å². The van der Waals surface area contributed by atoms with Gasteiger partial charge in [0.05, 0.1) is 4.90 Å². The number of sulfonamides is 1. The third kappa shape index (κ3) is 4.38. The molecule has 4 nitrogen and oxygen atoms in total. The van der Waals surface area contributed by atoms with Crippen LogP contribution in [0.4, 0.5) is 10.1 Å². The first-order valence-corrected chi connectivity index (χ1v) is 10.1. The zero-order chi connectivity index (χ0) is 17.9. The van der Waals surface area contributed by atoms with Crippen molar-refractivity contribution in [1.82, 2.24) is 4.90 Å². The monoisotopic (exact) mass is 362 g/mol. The van der Waals surface area contributed by atoms with Gasteiger partial charge in [-0.25, -0.2) is 12.8 Å². The minimum absolute atomic E-state index is 0.0453. The van der Waals surface area contributed by atoms with E-state index in [4.69, 9.17) is 0 Å². The Morgan fingerprint density at radius 1 is 1.12 bits per heavy atom. The van der Waals surface area contributed by atoms with E-state index >= 15 is 0 Å². The van der Waals surface area contributed by atoms with Crippen molar-refractivity contribution in [1.29, 1.82) is 0 Å². The predicted octanol–water partition coefficient (Wildman–Crippen LogP) is 3.83. The summed E-state index contributed by atoms with van der Waals surface area (Å²) in [6.45, 7) is 5.51. The van der Waals surface area contributed by atoms with Crippen LogP contribution in [0.15, 0.2) is 53.4 Å². The fourth-order valence-corrected chi connectivity index (χ4v) is 4.33. The maximum atomic E-state index is 13.0. The molecule has 0 saturated carbocycles. The van der Waals surface area contributed by atoms with Crippen LogP contribution >= 0.6 is 0 Å². The van der Waals surface area contributed by atoms with Crippen LogP contribution in [0.25, 0.3) is 0 Å². The Labute approximate surface area is 148 Å². The quantitative estimate of drug-likeness (QED) is 0.850. The summed E-state index contributed by atoms with van der Waals surface area (Å²) in [5.41, 5.74) is 1.75. The van der Waals surface area contributed by atoms with E-state index in [-0.39, 0.29) is 4.90 Å². The van der Waals surface area contributed by atoms with Gasteiger partial charge in [0, 0.05) is 12.2 Å². The highest BCUT2D eigenvalue weighted by Crippen LogP contribution is 2.28. The number of hydrogen-bond acceptors (Lipinski definition) is 3. The summed E-state index contributed by atoms with van der Waals surface area (Å²) in [7, 11) is -3.70. The van der Waals surface area contributed by atoms with Crippen molar-refractivity contribution in [3.63, 3.8) is 0 Å². The lowest BCUT2D eigenvalue weighted by Gasteiger charge is -2.15. The zero-order valence-electron chi connectivity index (χ0n) is 14.3. The van der Waals surface area contributed by atoms with Gasteiger partial charge in [0.25, 0.3) is 10.0 Å². The zero-order valence-corrected chi connectivity index (χ0v) is 15.1. The van der Waals surface area contributed by atoms with E-state index in [1.807, 2.05) is 12.1 Å². The Morgan fingerprint density at radius 3 is 2.44 bits per heavy atom. The van der Waals surface area contributed by atoms with Gasteiger partial charge in [-0.1, -0.05) is 19.1 Å². The molecule has 1 fully saturated rings. The Hall–Kier alpha value is -1.92. The first-order chi connectivity index (χ1) is 12.0. The molecule has 0 unspecified atom stereocenters. The number of anilines is 1. The Morgan fingerprint density at radius 2 is 1.80 bits per heavy atom. The number of hydrogen-bond donors (Lipinski definition) is 1. The van der Waals surface area contributed by atoms with Gasteiger partial charge in [-0.2, -0.15) is 0 Å². The topological polar surface area (TPSA) is 49.4 Å². The largest absolute Gasteiger partial charge is 0.303 e. The van der Waals surface area contributed by atoms with Crippen molar-refractivity contribution >= 4 is 15.7 Å². The molecule has 3 rings (SSSR count). The normalized spacial score (nSPS) is 18.4. The molecule has 1 atom stereocenters. The third-order valence-corrected chi connectivity index (χ3v) is 5.97.